The summed E-state index contributed by atoms with van der Waals surface area (Å²) in [5.74, 6) is 0.633. The molecule has 1 aliphatic rings. The summed E-state index contributed by atoms with van der Waals surface area (Å²) in [7, 11) is -3.60. The zero-order valence-corrected chi connectivity index (χ0v) is 21.9. The number of nitrogens with one attached hydrogen (secondary N) is 1. The Labute approximate surface area is 213 Å². The van der Waals surface area contributed by atoms with Crippen LogP contribution in [0.3, 0.4) is 0 Å². The fraction of sp³-hybridized carbons (Fsp3) is 0.462. The maximum atomic E-state index is 13.3. The number of ether oxygens (including phenoxy) is 2. The van der Waals surface area contributed by atoms with Gasteiger partial charge in [0.25, 0.3) is 0 Å². The van der Waals surface area contributed by atoms with Gasteiger partial charge in [-0.25, -0.2) is 8.42 Å². The molecule has 2 aromatic rings. The topological polar surface area (TPSA) is 105 Å². The molecule has 2 aromatic carbocycles. The molecule has 0 spiro atoms. The highest BCUT2D eigenvalue weighted by molar-refractivity contribution is 7.92. The van der Waals surface area contributed by atoms with E-state index in [1.54, 1.807) is 30.0 Å². The molecule has 0 aliphatic carbocycles. The van der Waals surface area contributed by atoms with Crippen LogP contribution in [0.1, 0.15) is 38.7 Å². The van der Waals surface area contributed by atoms with Gasteiger partial charge in [0.1, 0.15) is 19.3 Å². The van der Waals surface area contributed by atoms with E-state index in [4.69, 9.17) is 9.47 Å². The molecule has 1 aliphatic heterocycles. The van der Waals surface area contributed by atoms with Crippen molar-refractivity contribution in [3.8, 4) is 11.5 Å². The van der Waals surface area contributed by atoms with Gasteiger partial charge in [0, 0.05) is 32.1 Å². The smallest absolute Gasteiger partial charge is 0.242 e. The summed E-state index contributed by atoms with van der Waals surface area (Å²) in [6.45, 7) is 5.45. The normalized spacial score (nSPS) is 13.5. The lowest BCUT2D eigenvalue weighted by Gasteiger charge is -2.29. The summed E-state index contributed by atoms with van der Waals surface area (Å²) >= 11 is 0. The first-order valence-electron chi connectivity index (χ1n) is 12.2. The van der Waals surface area contributed by atoms with Crippen molar-refractivity contribution in [1.29, 1.82) is 0 Å². The monoisotopic (exact) mass is 517 g/mol. The maximum Gasteiger partial charge on any atom is 0.242 e. The molecule has 0 saturated heterocycles. The van der Waals surface area contributed by atoms with Gasteiger partial charge in [0.15, 0.2) is 11.5 Å². The van der Waals surface area contributed by atoms with Crippen molar-refractivity contribution in [1.82, 2.24) is 10.2 Å². The van der Waals surface area contributed by atoms with Gasteiger partial charge in [-0.15, -0.1) is 0 Å². The summed E-state index contributed by atoms with van der Waals surface area (Å²) in [4.78, 5) is 27.5. The molecule has 3 rings (SSSR count). The highest BCUT2D eigenvalue weighted by atomic mass is 32.2. The van der Waals surface area contributed by atoms with Crippen LogP contribution < -0.4 is 19.1 Å². The molecule has 1 N–H and O–H groups in total. The average molecular weight is 518 g/mol. The molecule has 0 bridgehead atoms. The molecule has 10 heteroatoms. The van der Waals surface area contributed by atoms with Crippen molar-refractivity contribution in [2.75, 3.05) is 36.9 Å². The van der Waals surface area contributed by atoms with Crippen molar-refractivity contribution in [2.45, 2.75) is 45.7 Å². The number of amides is 2. The molecule has 9 nitrogen and oxygen atoms in total. The summed E-state index contributed by atoms with van der Waals surface area (Å²) < 4.78 is 37.5. The third-order valence-electron chi connectivity index (χ3n) is 5.88. The summed E-state index contributed by atoms with van der Waals surface area (Å²) in [6, 6.07) is 13.8. The molecule has 196 valence electrons. The van der Waals surface area contributed by atoms with Crippen molar-refractivity contribution in [2.24, 2.45) is 0 Å². The minimum absolute atomic E-state index is 0.0921. The minimum atomic E-state index is -3.60. The number of anilines is 1. The second kappa shape index (κ2) is 12.6. The van der Waals surface area contributed by atoms with Crippen molar-refractivity contribution in [3.05, 3.63) is 54.1 Å². The van der Waals surface area contributed by atoms with Crippen LogP contribution in [0, 0.1) is 0 Å². The van der Waals surface area contributed by atoms with E-state index in [-0.39, 0.29) is 31.2 Å². The van der Waals surface area contributed by atoms with Crippen LogP contribution in [-0.4, -0.2) is 63.7 Å². The average Bonchev–Trinajstić information content (AvgIpc) is 2.87. The molecular weight excluding hydrogens is 482 g/mol. The Kier molecular flexibility index (Phi) is 9.58. The zero-order chi connectivity index (χ0) is 26.1. The second-order valence-corrected chi connectivity index (χ2v) is 10.6. The number of carbonyl (C=O) groups is 2. The maximum absolute atomic E-state index is 13.3. The van der Waals surface area contributed by atoms with Gasteiger partial charge in [-0.1, -0.05) is 37.3 Å². The lowest BCUT2D eigenvalue weighted by molar-refractivity contribution is -0.140. The van der Waals surface area contributed by atoms with Crippen LogP contribution in [0.2, 0.25) is 0 Å². The zero-order valence-electron chi connectivity index (χ0n) is 21.1. The predicted octanol–water partition coefficient (Wildman–Crippen LogP) is 2.95. The Morgan fingerprint density at radius 3 is 2.42 bits per heavy atom. The number of rotatable bonds is 12. The number of benzene rings is 2. The highest BCUT2D eigenvalue weighted by Gasteiger charge is 2.27. The molecule has 0 saturated carbocycles. The van der Waals surface area contributed by atoms with E-state index in [2.05, 4.69) is 5.32 Å². The number of hydrogen-bond acceptors (Lipinski definition) is 6. The van der Waals surface area contributed by atoms with Gasteiger partial charge in [0.2, 0.25) is 21.8 Å². The van der Waals surface area contributed by atoms with E-state index in [1.807, 2.05) is 37.3 Å². The lowest BCUT2D eigenvalue weighted by atomic mass is 10.1. The number of carbonyl (C=O) groups excluding carboxylic acids is 2. The van der Waals surface area contributed by atoms with Gasteiger partial charge >= 0.3 is 0 Å². The van der Waals surface area contributed by atoms with Crippen LogP contribution >= 0.6 is 0 Å². The molecule has 2 amide bonds. The standard InChI is InChI=1S/C26H35N3O6S/c1-4-14-27-26(31)20(2)28(19-21-9-6-5-7-10-21)25(30)11-8-15-29(36(3,32)33)22-12-13-23-24(18-22)35-17-16-34-23/h5-7,9-10,12-13,18,20H,4,8,11,14-17,19H2,1-3H3,(H,27,31)/t20-/m0/s1. The fourth-order valence-electron chi connectivity index (χ4n) is 3.95. The van der Waals surface area contributed by atoms with Gasteiger partial charge in [-0.05, 0) is 37.5 Å². The molecular formula is C26H35N3O6S. The van der Waals surface area contributed by atoms with E-state index in [9.17, 15) is 18.0 Å². The van der Waals surface area contributed by atoms with Crippen LogP contribution in [0.4, 0.5) is 5.69 Å². The molecule has 0 aromatic heterocycles. The SMILES string of the molecule is CCCNC(=O)[C@H](C)N(Cc1ccccc1)C(=O)CCCN(c1ccc2c(c1)OCCO2)S(C)(=O)=O. The highest BCUT2D eigenvalue weighted by Crippen LogP contribution is 2.34. The Bertz CT molecular complexity index is 1140. The predicted molar refractivity (Wildman–Crippen MR) is 139 cm³/mol. The van der Waals surface area contributed by atoms with Crippen molar-refractivity contribution < 1.29 is 27.5 Å². The van der Waals surface area contributed by atoms with Gasteiger partial charge in [0.05, 0.1) is 11.9 Å². The first kappa shape index (κ1) is 27.3. The first-order valence-corrected chi connectivity index (χ1v) is 14.0. The largest absolute Gasteiger partial charge is 0.486 e. The fourth-order valence-corrected chi connectivity index (χ4v) is 4.91. The Hall–Kier alpha value is -3.27. The summed E-state index contributed by atoms with van der Waals surface area (Å²) in [5.41, 5.74) is 1.36. The number of sulfonamides is 1. The number of hydrogen-bond donors (Lipinski definition) is 1. The van der Waals surface area contributed by atoms with Crippen molar-refractivity contribution in [3.63, 3.8) is 0 Å². The van der Waals surface area contributed by atoms with Gasteiger partial charge < -0.3 is 19.7 Å². The number of fused-ring (bicyclic) bond motifs is 1. The number of nitrogens with zero attached hydrogens (tertiary/aromatic N) is 2. The van der Waals surface area contributed by atoms with E-state index < -0.39 is 16.1 Å². The third kappa shape index (κ3) is 7.36. The lowest BCUT2D eigenvalue weighted by Crippen LogP contribution is -2.47. The Morgan fingerprint density at radius 1 is 1.06 bits per heavy atom. The van der Waals surface area contributed by atoms with Crippen LogP contribution in [-0.2, 0) is 26.2 Å². The van der Waals surface area contributed by atoms with Gasteiger partial charge in [-0.2, -0.15) is 0 Å². The Balaban J connectivity index is 1.71. The van der Waals surface area contributed by atoms with Gasteiger partial charge in [-0.3, -0.25) is 13.9 Å². The minimum Gasteiger partial charge on any atom is -0.486 e. The van der Waals surface area contributed by atoms with E-state index in [0.29, 0.717) is 43.5 Å². The molecule has 1 heterocycles. The first-order chi connectivity index (χ1) is 17.2. The van der Waals surface area contributed by atoms with E-state index in [0.717, 1.165) is 18.2 Å². The molecule has 0 unspecified atom stereocenters. The van der Waals surface area contributed by atoms with Crippen molar-refractivity contribution >= 4 is 27.5 Å². The molecule has 1 atom stereocenters. The van der Waals surface area contributed by atoms with E-state index >= 15 is 0 Å². The van der Waals surface area contributed by atoms with Crippen LogP contribution in [0.15, 0.2) is 48.5 Å². The third-order valence-corrected chi connectivity index (χ3v) is 7.07. The molecule has 0 radical (unpaired) electrons. The Morgan fingerprint density at radius 2 is 1.75 bits per heavy atom. The second-order valence-electron chi connectivity index (χ2n) is 8.74. The molecule has 36 heavy (non-hydrogen) atoms. The van der Waals surface area contributed by atoms with E-state index in [1.165, 1.54) is 4.31 Å². The molecule has 0 fully saturated rings. The summed E-state index contributed by atoms with van der Waals surface area (Å²) in [6.07, 6.45) is 2.31. The summed E-state index contributed by atoms with van der Waals surface area (Å²) in [5, 5.41) is 2.85. The van der Waals surface area contributed by atoms with Crippen LogP contribution in [0.25, 0.3) is 0 Å². The van der Waals surface area contributed by atoms with Crippen LogP contribution in [0.5, 0.6) is 11.5 Å². The quantitative estimate of drug-likeness (QED) is 0.464.